The van der Waals surface area contributed by atoms with E-state index in [1.54, 1.807) is 14.2 Å². The van der Waals surface area contributed by atoms with Gasteiger partial charge in [-0.1, -0.05) is 45.9 Å². The Morgan fingerprint density at radius 1 is 0.792 bits per heavy atom. The van der Waals surface area contributed by atoms with Gasteiger partial charge in [-0.25, -0.2) is 0 Å². The summed E-state index contributed by atoms with van der Waals surface area (Å²) in [6.45, 7) is 12.5. The zero-order valence-corrected chi connectivity index (χ0v) is 16.7. The van der Waals surface area contributed by atoms with E-state index in [4.69, 9.17) is 9.47 Å². The van der Waals surface area contributed by atoms with Crippen molar-refractivity contribution >= 4 is 0 Å². The molecule has 2 heteroatoms. The first-order chi connectivity index (χ1) is 11.5. The molecule has 0 aliphatic rings. The third-order valence-corrected chi connectivity index (χ3v) is 3.63. The summed E-state index contributed by atoms with van der Waals surface area (Å²) in [5.41, 5.74) is 5.29. The number of ether oxygens (including phenoxy) is 2. The van der Waals surface area contributed by atoms with Gasteiger partial charge in [-0.15, -0.1) is 0 Å². The monoisotopic (exact) mass is 330 g/mol. The van der Waals surface area contributed by atoms with E-state index in [1.807, 2.05) is 45.0 Å². The van der Waals surface area contributed by atoms with Crippen LogP contribution in [0.15, 0.2) is 36.4 Å². The van der Waals surface area contributed by atoms with Gasteiger partial charge in [0.15, 0.2) is 0 Å². The highest BCUT2D eigenvalue weighted by atomic mass is 16.5. The Morgan fingerprint density at radius 2 is 1.46 bits per heavy atom. The molecular formula is C22H34O2. The summed E-state index contributed by atoms with van der Waals surface area (Å²) in [5, 5.41) is 0. The zero-order chi connectivity index (χ0) is 18.5. The molecular weight excluding hydrogens is 296 g/mol. The van der Waals surface area contributed by atoms with Crippen molar-refractivity contribution < 1.29 is 9.47 Å². The highest BCUT2D eigenvalue weighted by Crippen LogP contribution is 2.25. The highest BCUT2D eigenvalue weighted by molar-refractivity contribution is 5.43. The van der Waals surface area contributed by atoms with Crippen molar-refractivity contribution in [3.8, 4) is 11.5 Å². The van der Waals surface area contributed by atoms with Gasteiger partial charge in [0.1, 0.15) is 11.5 Å². The maximum atomic E-state index is 5.36. The lowest BCUT2D eigenvalue weighted by Gasteiger charge is -2.12. The summed E-state index contributed by atoms with van der Waals surface area (Å²) in [6.07, 6.45) is 2.13. The molecule has 0 N–H and O–H groups in total. The van der Waals surface area contributed by atoms with Crippen LogP contribution in [0, 0.1) is 13.8 Å². The summed E-state index contributed by atoms with van der Waals surface area (Å²) < 4.78 is 10.4. The van der Waals surface area contributed by atoms with Gasteiger partial charge >= 0.3 is 0 Å². The van der Waals surface area contributed by atoms with Crippen molar-refractivity contribution in [3.63, 3.8) is 0 Å². The van der Waals surface area contributed by atoms with Crippen LogP contribution in [0.3, 0.4) is 0 Å². The van der Waals surface area contributed by atoms with Crippen molar-refractivity contribution in [1.29, 1.82) is 0 Å². The summed E-state index contributed by atoms with van der Waals surface area (Å²) in [5.74, 6) is 1.97. The molecule has 24 heavy (non-hydrogen) atoms. The largest absolute Gasteiger partial charge is 0.497 e. The van der Waals surface area contributed by atoms with Gasteiger partial charge in [0.25, 0.3) is 0 Å². The first-order valence-electron chi connectivity index (χ1n) is 8.82. The van der Waals surface area contributed by atoms with Crippen molar-refractivity contribution in [3.05, 3.63) is 58.7 Å². The molecule has 2 rings (SSSR count). The van der Waals surface area contributed by atoms with Gasteiger partial charge in [-0.3, -0.25) is 0 Å². The minimum absolute atomic E-state index is 0.926. The van der Waals surface area contributed by atoms with Crippen LogP contribution in [-0.4, -0.2) is 14.2 Å². The maximum absolute atomic E-state index is 5.36. The van der Waals surface area contributed by atoms with Crippen molar-refractivity contribution in [2.24, 2.45) is 0 Å². The first kappa shape index (κ1) is 22.0. The standard InChI is InChI=1S/C12H18O.C8H10O.C2H6/c1-5-10-7-9(3)8-12(13-4)11(10)6-2;1-7-4-3-5-8(6-7)9-2;1-2/h7-8H,5-6H2,1-4H3;3-6H,1-2H3;1-2H3. The third kappa shape index (κ3) is 7.08. The Labute approximate surface area is 148 Å². The average Bonchev–Trinajstić information content (AvgIpc) is 2.62. The fourth-order valence-corrected chi connectivity index (χ4v) is 2.50. The smallest absolute Gasteiger partial charge is 0.122 e. The fourth-order valence-electron chi connectivity index (χ4n) is 2.50. The van der Waals surface area contributed by atoms with E-state index in [9.17, 15) is 0 Å². The number of rotatable bonds is 4. The quantitative estimate of drug-likeness (QED) is 0.668. The van der Waals surface area contributed by atoms with Gasteiger partial charge in [-0.2, -0.15) is 0 Å². The van der Waals surface area contributed by atoms with E-state index >= 15 is 0 Å². The molecule has 0 unspecified atom stereocenters. The molecule has 0 spiro atoms. The van der Waals surface area contributed by atoms with E-state index in [0.717, 1.165) is 24.3 Å². The van der Waals surface area contributed by atoms with E-state index in [-0.39, 0.29) is 0 Å². The second-order valence-corrected chi connectivity index (χ2v) is 5.33. The maximum Gasteiger partial charge on any atom is 0.122 e. The molecule has 0 amide bonds. The number of aryl methyl sites for hydroxylation is 3. The number of benzene rings is 2. The lowest BCUT2D eigenvalue weighted by Crippen LogP contribution is -1.97. The van der Waals surface area contributed by atoms with Crippen LogP contribution in [0.5, 0.6) is 11.5 Å². The fraction of sp³-hybridized carbons (Fsp3) is 0.455. The SMILES string of the molecule is CC.CCc1cc(C)cc(OC)c1CC.COc1cccc(C)c1. The molecule has 0 saturated heterocycles. The van der Waals surface area contributed by atoms with E-state index in [2.05, 4.69) is 32.9 Å². The van der Waals surface area contributed by atoms with Crippen molar-refractivity contribution in [2.45, 2.75) is 54.4 Å². The summed E-state index contributed by atoms with van der Waals surface area (Å²) in [6, 6.07) is 12.3. The van der Waals surface area contributed by atoms with E-state index in [1.165, 1.54) is 22.3 Å². The molecule has 2 aromatic rings. The Kier molecular flexibility index (Phi) is 11.4. The van der Waals surface area contributed by atoms with E-state index < -0.39 is 0 Å². The predicted molar refractivity (Wildman–Crippen MR) is 106 cm³/mol. The zero-order valence-electron chi connectivity index (χ0n) is 16.7. The minimum Gasteiger partial charge on any atom is -0.497 e. The predicted octanol–water partition coefficient (Wildman–Crippen LogP) is 6.16. The molecule has 0 aliphatic carbocycles. The van der Waals surface area contributed by atoms with Crippen LogP contribution >= 0.6 is 0 Å². The minimum atomic E-state index is 0.926. The highest BCUT2D eigenvalue weighted by Gasteiger charge is 2.06. The molecule has 0 radical (unpaired) electrons. The molecule has 0 aliphatic heterocycles. The molecule has 0 bridgehead atoms. The lowest BCUT2D eigenvalue weighted by atomic mass is 9.99. The second kappa shape index (κ2) is 12.5. The Bertz CT molecular complexity index is 563. The molecule has 0 aromatic heterocycles. The molecule has 0 heterocycles. The lowest BCUT2D eigenvalue weighted by molar-refractivity contribution is 0.409. The van der Waals surface area contributed by atoms with Crippen LogP contribution < -0.4 is 9.47 Å². The molecule has 0 atom stereocenters. The van der Waals surface area contributed by atoms with Crippen LogP contribution in [0.2, 0.25) is 0 Å². The van der Waals surface area contributed by atoms with Crippen LogP contribution in [0.1, 0.15) is 49.9 Å². The van der Waals surface area contributed by atoms with Gasteiger partial charge in [-0.05, 0) is 67.1 Å². The summed E-state index contributed by atoms with van der Waals surface area (Å²) in [4.78, 5) is 0. The van der Waals surface area contributed by atoms with E-state index in [0.29, 0.717) is 0 Å². The molecule has 0 fully saturated rings. The molecule has 2 aromatic carbocycles. The van der Waals surface area contributed by atoms with Crippen LogP contribution in [-0.2, 0) is 12.8 Å². The van der Waals surface area contributed by atoms with Gasteiger partial charge in [0.2, 0.25) is 0 Å². The van der Waals surface area contributed by atoms with Crippen LogP contribution in [0.4, 0.5) is 0 Å². The number of methoxy groups -OCH3 is 2. The van der Waals surface area contributed by atoms with Gasteiger partial charge in [0, 0.05) is 0 Å². The van der Waals surface area contributed by atoms with Crippen molar-refractivity contribution in [2.75, 3.05) is 14.2 Å². The topological polar surface area (TPSA) is 18.5 Å². The third-order valence-electron chi connectivity index (χ3n) is 3.63. The first-order valence-corrected chi connectivity index (χ1v) is 8.82. The Hall–Kier alpha value is -1.96. The summed E-state index contributed by atoms with van der Waals surface area (Å²) >= 11 is 0. The van der Waals surface area contributed by atoms with Crippen molar-refractivity contribution in [1.82, 2.24) is 0 Å². The number of hydrogen-bond acceptors (Lipinski definition) is 2. The van der Waals surface area contributed by atoms with Gasteiger partial charge in [0.05, 0.1) is 14.2 Å². The Morgan fingerprint density at radius 3 is 1.88 bits per heavy atom. The normalized spacial score (nSPS) is 9.17. The Balaban J connectivity index is 0.000000420. The van der Waals surface area contributed by atoms with Crippen LogP contribution in [0.25, 0.3) is 0 Å². The average molecular weight is 331 g/mol. The van der Waals surface area contributed by atoms with Gasteiger partial charge < -0.3 is 9.47 Å². The molecule has 2 nitrogen and oxygen atoms in total. The molecule has 0 saturated carbocycles. The molecule has 134 valence electrons. The number of hydrogen-bond donors (Lipinski definition) is 0. The summed E-state index contributed by atoms with van der Waals surface area (Å²) in [7, 11) is 3.42. The second-order valence-electron chi connectivity index (χ2n) is 5.33.